The molecule has 174 valence electrons. The van der Waals surface area contributed by atoms with Crippen molar-refractivity contribution in [2.75, 3.05) is 5.75 Å². The Morgan fingerprint density at radius 2 is 2.00 bits per heavy atom. The molecule has 1 aliphatic carbocycles. The quantitative estimate of drug-likeness (QED) is 0.301. The van der Waals surface area contributed by atoms with Crippen molar-refractivity contribution in [1.82, 2.24) is 19.7 Å². The van der Waals surface area contributed by atoms with Crippen LogP contribution in [0.1, 0.15) is 43.4 Å². The van der Waals surface area contributed by atoms with Gasteiger partial charge in [-0.15, -0.1) is 16.8 Å². The maximum absolute atomic E-state index is 13.4. The number of rotatable bonds is 9. The summed E-state index contributed by atoms with van der Waals surface area (Å²) in [7, 11) is 0. The van der Waals surface area contributed by atoms with Crippen molar-refractivity contribution in [3.63, 3.8) is 0 Å². The van der Waals surface area contributed by atoms with Gasteiger partial charge < -0.3 is 9.32 Å². The SMILES string of the molecule is C=CCn1c(SCC(=O)N(Cc2ccc(F)cc2)C2CCCCC2)nnc1-c1ccoc1C. The Morgan fingerprint density at radius 3 is 2.67 bits per heavy atom. The topological polar surface area (TPSA) is 64.2 Å². The molecule has 2 heterocycles. The highest BCUT2D eigenvalue weighted by Gasteiger charge is 2.26. The molecule has 8 heteroatoms. The van der Waals surface area contributed by atoms with E-state index >= 15 is 0 Å². The minimum absolute atomic E-state index is 0.0606. The Labute approximate surface area is 197 Å². The number of aromatic nitrogens is 3. The van der Waals surface area contributed by atoms with E-state index in [1.807, 2.05) is 22.5 Å². The lowest BCUT2D eigenvalue weighted by molar-refractivity contribution is -0.132. The molecular weight excluding hydrogens is 439 g/mol. The van der Waals surface area contributed by atoms with Gasteiger partial charge in [-0.3, -0.25) is 9.36 Å². The van der Waals surface area contributed by atoms with E-state index in [-0.39, 0.29) is 23.5 Å². The molecule has 0 unspecified atom stereocenters. The third-order valence-electron chi connectivity index (χ3n) is 6.05. The maximum atomic E-state index is 13.4. The summed E-state index contributed by atoms with van der Waals surface area (Å²) < 4.78 is 20.7. The van der Waals surface area contributed by atoms with Crippen LogP contribution in [0.2, 0.25) is 0 Å². The highest BCUT2D eigenvalue weighted by Crippen LogP contribution is 2.29. The second kappa shape index (κ2) is 10.8. The Hall–Kier alpha value is -2.87. The number of thioether (sulfide) groups is 1. The number of benzene rings is 1. The van der Waals surface area contributed by atoms with Gasteiger partial charge in [-0.05, 0) is 43.5 Å². The number of furan rings is 1. The second-order valence-electron chi connectivity index (χ2n) is 8.32. The summed E-state index contributed by atoms with van der Waals surface area (Å²) in [5.41, 5.74) is 1.82. The summed E-state index contributed by atoms with van der Waals surface area (Å²) in [6, 6.07) is 8.49. The Bertz CT molecular complexity index is 1090. The molecule has 6 nitrogen and oxygen atoms in total. The third-order valence-corrected chi connectivity index (χ3v) is 7.01. The second-order valence-corrected chi connectivity index (χ2v) is 9.27. The molecular formula is C25H29FN4O2S. The normalized spacial score (nSPS) is 14.4. The Morgan fingerprint density at radius 1 is 1.24 bits per heavy atom. The zero-order valence-corrected chi connectivity index (χ0v) is 19.7. The average Bonchev–Trinajstić information content (AvgIpc) is 3.43. The van der Waals surface area contributed by atoms with E-state index in [4.69, 9.17) is 4.42 Å². The van der Waals surface area contributed by atoms with Gasteiger partial charge in [-0.2, -0.15) is 0 Å². The summed E-state index contributed by atoms with van der Waals surface area (Å²) in [6.07, 6.45) is 8.91. The molecule has 1 amide bonds. The molecule has 1 aliphatic rings. The van der Waals surface area contributed by atoms with E-state index in [1.165, 1.54) is 30.3 Å². The lowest BCUT2D eigenvalue weighted by atomic mass is 9.94. The first-order valence-electron chi connectivity index (χ1n) is 11.3. The first-order valence-corrected chi connectivity index (χ1v) is 12.3. The zero-order valence-electron chi connectivity index (χ0n) is 18.9. The van der Waals surface area contributed by atoms with Crippen LogP contribution in [0, 0.1) is 12.7 Å². The molecule has 4 rings (SSSR count). The van der Waals surface area contributed by atoms with Crippen LogP contribution in [-0.4, -0.2) is 37.4 Å². The number of halogens is 1. The minimum Gasteiger partial charge on any atom is -0.469 e. The molecule has 1 aromatic carbocycles. The maximum Gasteiger partial charge on any atom is 0.233 e. The number of carbonyl (C=O) groups excluding carboxylic acids is 1. The van der Waals surface area contributed by atoms with Crippen LogP contribution in [0.4, 0.5) is 4.39 Å². The predicted octanol–water partition coefficient (Wildman–Crippen LogP) is 5.63. The van der Waals surface area contributed by atoms with Crippen molar-refractivity contribution in [3.8, 4) is 11.4 Å². The number of aryl methyl sites for hydroxylation is 1. The van der Waals surface area contributed by atoms with Crippen molar-refractivity contribution >= 4 is 17.7 Å². The standard InChI is InChI=1S/C25H29FN4O2S/c1-3-14-29-24(22-13-15-32-18(22)2)27-28-25(29)33-17-23(31)30(21-7-5-4-6-8-21)16-19-9-11-20(26)12-10-19/h3,9-13,15,21H,1,4-8,14,16-17H2,2H3. The summed E-state index contributed by atoms with van der Waals surface area (Å²) in [5, 5.41) is 9.36. The van der Waals surface area contributed by atoms with E-state index in [1.54, 1.807) is 24.5 Å². The van der Waals surface area contributed by atoms with Crippen LogP contribution in [0.15, 0.2) is 58.8 Å². The molecule has 33 heavy (non-hydrogen) atoms. The Balaban J connectivity index is 1.51. The van der Waals surface area contributed by atoms with E-state index in [2.05, 4.69) is 16.8 Å². The Kier molecular flexibility index (Phi) is 7.65. The first-order chi connectivity index (χ1) is 16.1. The van der Waals surface area contributed by atoms with Crippen LogP contribution in [0.25, 0.3) is 11.4 Å². The highest BCUT2D eigenvalue weighted by atomic mass is 32.2. The number of hydrogen-bond donors (Lipinski definition) is 0. The van der Waals surface area contributed by atoms with Gasteiger partial charge in [-0.1, -0.05) is 49.2 Å². The molecule has 0 bridgehead atoms. The van der Waals surface area contributed by atoms with Crippen molar-refractivity contribution in [2.45, 2.75) is 63.3 Å². The molecule has 0 atom stereocenters. The van der Waals surface area contributed by atoms with Gasteiger partial charge in [0.05, 0.1) is 17.6 Å². The van der Waals surface area contributed by atoms with Crippen LogP contribution in [0.5, 0.6) is 0 Å². The van der Waals surface area contributed by atoms with Gasteiger partial charge in [-0.25, -0.2) is 4.39 Å². The zero-order chi connectivity index (χ0) is 23.2. The number of allylic oxidation sites excluding steroid dienone is 1. The molecule has 0 aliphatic heterocycles. The van der Waals surface area contributed by atoms with Crippen LogP contribution in [-0.2, 0) is 17.9 Å². The average molecular weight is 469 g/mol. The number of carbonyl (C=O) groups is 1. The van der Waals surface area contributed by atoms with Gasteiger partial charge in [0.2, 0.25) is 5.91 Å². The largest absolute Gasteiger partial charge is 0.469 e. The van der Waals surface area contributed by atoms with Crippen LogP contribution < -0.4 is 0 Å². The van der Waals surface area contributed by atoms with Crippen LogP contribution in [0.3, 0.4) is 0 Å². The fourth-order valence-corrected chi connectivity index (χ4v) is 5.15. The first kappa shape index (κ1) is 23.3. The van der Waals surface area contributed by atoms with Gasteiger partial charge >= 0.3 is 0 Å². The number of hydrogen-bond acceptors (Lipinski definition) is 5. The molecule has 0 saturated heterocycles. The van der Waals surface area contributed by atoms with Crippen molar-refractivity contribution in [3.05, 3.63) is 66.4 Å². The fourth-order valence-electron chi connectivity index (χ4n) is 4.31. The third kappa shape index (κ3) is 5.55. The molecule has 1 fully saturated rings. The van der Waals surface area contributed by atoms with Crippen molar-refractivity contribution in [2.24, 2.45) is 0 Å². The smallest absolute Gasteiger partial charge is 0.233 e. The van der Waals surface area contributed by atoms with Crippen molar-refractivity contribution in [1.29, 1.82) is 0 Å². The van der Waals surface area contributed by atoms with Gasteiger partial charge in [0.25, 0.3) is 0 Å². The number of amides is 1. The van der Waals surface area contributed by atoms with E-state index in [0.29, 0.717) is 24.1 Å². The molecule has 2 aromatic heterocycles. The highest BCUT2D eigenvalue weighted by molar-refractivity contribution is 7.99. The molecule has 3 aromatic rings. The van der Waals surface area contributed by atoms with E-state index in [9.17, 15) is 9.18 Å². The summed E-state index contributed by atoms with van der Waals surface area (Å²) in [6.45, 7) is 6.76. The predicted molar refractivity (Wildman–Crippen MR) is 127 cm³/mol. The van der Waals surface area contributed by atoms with Crippen LogP contribution >= 0.6 is 11.8 Å². The van der Waals surface area contributed by atoms with Gasteiger partial charge in [0.1, 0.15) is 11.6 Å². The van der Waals surface area contributed by atoms with Gasteiger partial charge in [0.15, 0.2) is 11.0 Å². The lowest BCUT2D eigenvalue weighted by Crippen LogP contribution is -2.42. The molecule has 0 spiro atoms. The molecule has 1 saturated carbocycles. The lowest BCUT2D eigenvalue weighted by Gasteiger charge is -2.34. The summed E-state index contributed by atoms with van der Waals surface area (Å²) in [5.74, 6) is 1.52. The van der Waals surface area contributed by atoms with E-state index in [0.717, 1.165) is 42.6 Å². The van der Waals surface area contributed by atoms with Crippen molar-refractivity contribution < 1.29 is 13.6 Å². The monoisotopic (exact) mass is 468 g/mol. The minimum atomic E-state index is -0.268. The summed E-state index contributed by atoms with van der Waals surface area (Å²) in [4.78, 5) is 15.4. The number of nitrogens with zero attached hydrogens (tertiary/aromatic N) is 4. The van der Waals surface area contributed by atoms with E-state index < -0.39 is 0 Å². The summed E-state index contributed by atoms with van der Waals surface area (Å²) >= 11 is 1.38. The molecule has 0 radical (unpaired) electrons. The molecule has 0 N–H and O–H groups in total. The van der Waals surface area contributed by atoms with Gasteiger partial charge in [0, 0.05) is 19.1 Å². The fraction of sp³-hybridized carbons (Fsp3) is 0.400.